The Morgan fingerprint density at radius 1 is 1.37 bits per heavy atom. The second kappa shape index (κ2) is 9.66. The van der Waals surface area contributed by atoms with E-state index in [4.69, 9.17) is 4.99 Å². The largest absolute Gasteiger partial charge is 0.354 e. The van der Waals surface area contributed by atoms with E-state index in [0.29, 0.717) is 19.1 Å². The maximum atomic E-state index is 4.69. The maximum Gasteiger partial charge on any atom is 0.192 e. The summed E-state index contributed by atoms with van der Waals surface area (Å²) in [5.41, 5.74) is 0. The zero-order valence-electron chi connectivity index (χ0n) is 16.2. The number of thiophene rings is 1. The molecule has 0 aromatic carbocycles. The van der Waals surface area contributed by atoms with Crippen molar-refractivity contribution in [1.29, 1.82) is 0 Å². The summed E-state index contributed by atoms with van der Waals surface area (Å²) in [5.74, 6) is 2.51. The third kappa shape index (κ3) is 5.17. The van der Waals surface area contributed by atoms with Gasteiger partial charge in [-0.3, -0.25) is 4.90 Å². The van der Waals surface area contributed by atoms with Gasteiger partial charge < -0.3 is 15.2 Å². The number of hydrogen-bond acceptors (Lipinski definition) is 5. The Bertz CT molecular complexity index is 744. The van der Waals surface area contributed by atoms with Gasteiger partial charge in [-0.15, -0.1) is 28.1 Å². The van der Waals surface area contributed by atoms with Crippen LogP contribution in [0.1, 0.15) is 35.4 Å². The minimum absolute atomic E-state index is 0.375. The van der Waals surface area contributed by atoms with Crippen molar-refractivity contribution in [3.8, 4) is 0 Å². The topological polar surface area (TPSA) is 70.4 Å². The Hall–Kier alpha value is -2.19. The van der Waals surface area contributed by atoms with Crippen LogP contribution in [0.5, 0.6) is 0 Å². The van der Waals surface area contributed by atoms with E-state index >= 15 is 0 Å². The smallest absolute Gasteiger partial charge is 0.192 e. The number of aryl methyl sites for hydroxylation is 1. The molecular weight excluding hydrogens is 358 g/mol. The van der Waals surface area contributed by atoms with Crippen molar-refractivity contribution in [3.05, 3.63) is 46.7 Å². The third-order valence-electron chi connectivity index (χ3n) is 4.89. The molecule has 1 fully saturated rings. The van der Waals surface area contributed by atoms with Crippen LogP contribution in [0.25, 0.3) is 0 Å². The number of likely N-dealkylation sites (tertiary alicyclic amines) is 1. The first kappa shape index (κ1) is 19.6. The predicted molar refractivity (Wildman–Crippen MR) is 111 cm³/mol. The highest BCUT2D eigenvalue weighted by Crippen LogP contribution is 2.27. The van der Waals surface area contributed by atoms with Gasteiger partial charge in [-0.1, -0.05) is 12.1 Å². The average molecular weight is 388 g/mol. The van der Waals surface area contributed by atoms with E-state index < -0.39 is 0 Å². The summed E-state index contributed by atoms with van der Waals surface area (Å²) in [6, 6.07) is 4.73. The molecule has 2 aromatic rings. The molecule has 7 nitrogen and oxygen atoms in total. The first-order valence-corrected chi connectivity index (χ1v) is 10.3. The molecule has 8 heteroatoms. The zero-order valence-corrected chi connectivity index (χ0v) is 17.0. The Balaban J connectivity index is 1.67. The lowest BCUT2D eigenvalue weighted by molar-refractivity contribution is 0.249. The summed E-state index contributed by atoms with van der Waals surface area (Å²) in [7, 11) is 1.96. The van der Waals surface area contributed by atoms with Gasteiger partial charge in [-0.25, -0.2) is 4.99 Å². The molecule has 1 aliphatic heterocycles. The Labute approximate surface area is 165 Å². The SMILES string of the molecule is C=CCNC(=NCc1nnc(C)n1C)NCC(c1cccs1)N1CCCC1. The van der Waals surface area contributed by atoms with Crippen molar-refractivity contribution in [2.45, 2.75) is 32.4 Å². The molecule has 1 saturated heterocycles. The third-order valence-corrected chi connectivity index (χ3v) is 5.86. The monoisotopic (exact) mass is 387 g/mol. The Morgan fingerprint density at radius 2 is 2.19 bits per heavy atom. The minimum atomic E-state index is 0.375. The summed E-state index contributed by atoms with van der Waals surface area (Å²) in [5, 5.41) is 17.3. The molecule has 3 heterocycles. The molecular formula is C19H29N7S. The zero-order chi connectivity index (χ0) is 19.1. The average Bonchev–Trinajstić information content (AvgIpc) is 3.43. The number of guanidine groups is 1. The molecule has 2 aromatic heterocycles. The fraction of sp³-hybridized carbons (Fsp3) is 0.526. The van der Waals surface area contributed by atoms with Crippen LogP contribution < -0.4 is 10.6 Å². The molecule has 3 rings (SSSR count). The van der Waals surface area contributed by atoms with Crippen LogP contribution in [0.15, 0.2) is 35.2 Å². The molecule has 1 atom stereocenters. The van der Waals surface area contributed by atoms with Gasteiger partial charge in [-0.2, -0.15) is 0 Å². The van der Waals surface area contributed by atoms with E-state index in [1.807, 2.05) is 36.0 Å². The molecule has 0 saturated carbocycles. The van der Waals surface area contributed by atoms with Gasteiger partial charge in [0, 0.05) is 25.0 Å². The van der Waals surface area contributed by atoms with Gasteiger partial charge in [0.2, 0.25) is 0 Å². The van der Waals surface area contributed by atoms with Crippen LogP contribution in [-0.2, 0) is 13.6 Å². The summed E-state index contributed by atoms with van der Waals surface area (Å²) in [6.45, 7) is 10.0. The summed E-state index contributed by atoms with van der Waals surface area (Å²) >= 11 is 1.82. The lowest BCUT2D eigenvalue weighted by atomic mass is 10.2. The van der Waals surface area contributed by atoms with Crippen LogP contribution in [0.3, 0.4) is 0 Å². The second-order valence-corrected chi connectivity index (χ2v) is 7.69. The maximum absolute atomic E-state index is 4.69. The Morgan fingerprint density at radius 3 is 2.81 bits per heavy atom. The normalized spacial score (nSPS) is 16.4. The molecule has 0 spiro atoms. The molecule has 1 unspecified atom stereocenters. The van der Waals surface area contributed by atoms with E-state index in [-0.39, 0.29) is 0 Å². The molecule has 0 amide bonds. The van der Waals surface area contributed by atoms with E-state index in [0.717, 1.165) is 37.2 Å². The molecule has 146 valence electrons. The molecule has 0 aliphatic carbocycles. The predicted octanol–water partition coefficient (Wildman–Crippen LogP) is 2.24. The van der Waals surface area contributed by atoms with Gasteiger partial charge in [0.15, 0.2) is 11.8 Å². The first-order valence-electron chi connectivity index (χ1n) is 9.44. The highest BCUT2D eigenvalue weighted by molar-refractivity contribution is 7.10. The van der Waals surface area contributed by atoms with Gasteiger partial charge >= 0.3 is 0 Å². The van der Waals surface area contributed by atoms with Crippen LogP contribution in [0, 0.1) is 6.92 Å². The van der Waals surface area contributed by atoms with Crippen LogP contribution in [0.4, 0.5) is 0 Å². The van der Waals surface area contributed by atoms with Crippen molar-refractivity contribution in [1.82, 2.24) is 30.3 Å². The highest BCUT2D eigenvalue weighted by Gasteiger charge is 2.24. The molecule has 0 bridgehead atoms. The minimum Gasteiger partial charge on any atom is -0.354 e. The lowest BCUT2D eigenvalue weighted by Gasteiger charge is -2.27. The summed E-state index contributed by atoms with van der Waals surface area (Å²) in [6.07, 6.45) is 4.40. The van der Waals surface area contributed by atoms with Crippen LogP contribution in [0.2, 0.25) is 0 Å². The second-order valence-electron chi connectivity index (χ2n) is 6.71. The summed E-state index contributed by atoms with van der Waals surface area (Å²) in [4.78, 5) is 8.66. The van der Waals surface area contributed by atoms with Crippen molar-refractivity contribution in [3.63, 3.8) is 0 Å². The molecule has 0 radical (unpaired) electrons. The Kier molecular flexibility index (Phi) is 7.00. The van der Waals surface area contributed by atoms with Crippen molar-refractivity contribution in [2.75, 3.05) is 26.2 Å². The van der Waals surface area contributed by atoms with Crippen molar-refractivity contribution >= 4 is 17.3 Å². The quantitative estimate of drug-likeness (QED) is 0.413. The van der Waals surface area contributed by atoms with E-state index in [1.165, 1.54) is 17.7 Å². The van der Waals surface area contributed by atoms with E-state index in [1.54, 1.807) is 0 Å². The highest BCUT2D eigenvalue weighted by atomic mass is 32.1. The van der Waals surface area contributed by atoms with Gasteiger partial charge in [0.05, 0.1) is 6.04 Å². The van der Waals surface area contributed by atoms with Crippen LogP contribution >= 0.6 is 11.3 Å². The van der Waals surface area contributed by atoms with Crippen molar-refractivity contribution in [2.24, 2.45) is 12.0 Å². The number of nitrogens with zero attached hydrogens (tertiary/aromatic N) is 5. The summed E-state index contributed by atoms with van der Waals surface area (Å²) < 4.78 is 1.97. The van der Waals surface area contributed by atoms with Crippen LogP contribution in [-0.4, -0.2) is 51.8 Å². The first-order chi connectivity index (χ1) is 13.2. The number of rotatable bonds is 8. The van der Waals surface area contributed by atoms with E-state index in [9.17, 15) is 0 Å². The molecule has 1 aliphatic rings. The number of nitrogens with one attached hydrogen (secondary N) is 2. The number of hydrogen-bond donors (Lipinski definition) is 2. The van der Waals surface area contributed by atoms with Gasteiger partial charge in [-0.05, 0) is 44.3 Å². The fourth-order valence-corrected chi connectivity index (χ4v) is 4.08. The molecule has 2 N–H and O–H groups in total. The number of aromatic nitrogens is 3. The van der Waals surface area contributed by atoms with Gasteiger partial charge in [0.1, 0.15) is 12.4 Å². The van der Waals surface area contributed by atoms with Gasteiger partial charge in [0.25, 0.3) is 0 Å². The lowest BCUT2D eigenvalue weighted by Crippen LogP contribution is -2.42. The number of aliphatic imine (C=N–C) groups is 1. The standard InChI is InChI=1S/C19H29N7S/c1-4-9-20-19(22-14-18-24-23-15(2)25(18)3)21-13-16(17-8-7-12-27-17)26-10-5-6-11-26/h4,7-8,12,16H,1,5-6,9-11,13-14H2,2-3H3,(H2,20,21,22). The molecule has 27 heavy (non-hydrogen) atoms. The fourth-order valence-electron chi connectivity index (χ4n) is 3.22. The van der Waals surface area contributed by atoms with Crippen molar-refractivity contribution < 1.29 is 0 Å². The van der Waals surface area contributed by atoms with E-state index in [2.05, 4.69) is 49.8 Å².